The van der Waals surface area contributed by atoms with Gasteiger partial charge in [0.1, 0.15) is 5.82 Å². The Bertz CT molecular complexity index is 456. The molecule has 14 heavy (non-hydrogen) atoms. The quantitative estimate of drug-likeness (QED) is 0.729. The molecule has 1 aromatic carbocycles. The van der Waals surface area contributed by atoms with Crippen LogP contribution in [0.25, 0.3) is 5.69 Å². The van der Waals surface area contributed by atoms with Crippen molar-refractivity contribution in [2.45, 2.75) is 0 Å². The zero-order valence-corrected chi connectivity index (χ0v) is 9.26. The topological polar surface area (TPSA) is 17.8 Å². The van der Waals surface area contributed by atoms with Gasteiger partial charge in [0.05, 0.1) is 21.5 Å². The van der Waals surface area contributed by atoms with Crippen molar-refractivity contribution >= 4 is 27.5 Å². The maximum atomic E-state index is 13.2. The van der Waals surface area contributed by atoms with Crippen LogP contribution in [0.3, 0.4) is 0 Å². The SMILES string of the molecule is Fc1cc(-n2ccnc2)c(Cl)cc1Br. The van der Waals surface area contributed by atoms with Crippen LogP contribution >= 0.6 is 27.5 Å². The van der Waals surface area contributed by atoms with E-state index in [0.29, 0.717) is 15.2 Å². The summed E-state index contributed by atoms with van der Waals surface area (Å²) < 4.78 is 15.2. The van der Waals surface area contributed by atoms with Gasteiger partial charge in [0.25, 0.3) is 0 Å². The lowest BCUT2D eigenvalue weighted by molar-refractivity contribution is 0.620. The van der Waals surface area contributed by atoms with Crippen molar-refractivity contribution < 1.29 is 4.39 Å². The van der Waals surface area contributed by atoms with Crippen LogP contribution in [-0.2, 0) is 0 Å². The predicted molar refractivity (Wildman–Crippen MR) is 56.2 cm³/mol. The molecule has 0 aliphatic carbocycles. The molecule has 2 nitrogen and oxygen atoms in total. The number of halogens is 3. The molecule has 0 N–H and O–H groups in total. The van der Waals surface area contributed by atoms with Crippen molar-refractivity contribution in [3.05, 3.63) is 46.2 Å². The van der Waals surface area contributed by atoms with Crippen molar-refractivity contribution in [3.8, 4) is 5.69 Å². The molecule has 0 saturated carbocycles. The molecule has 0 fully saturated rings. The monoisotopic (exact) mass is 274 g/mol. The zero-order valence-electron chi connectivity index (χ0n) is 6.92. The van der Waals surface area contributed by atoms with Crippen LogP contribution < -0.4 is 0 Å². The molecule has 0 amide bonds. The van der Waals surface area contributed by atoms with E-state index >= 15 is 0 Å². The van der Waals surface area contributed by atoms with Gasteiger partial charge in [0, 0.05) is 18.5 Å². The van der Waals surface area contributed by atoms with Crippen LogP contribution in [0.15, 0.2) is 35.3 Å². The van der Waals surface area contributed by atoms with Gasteiger partial charge in [-0.15, -0.1) is 0 Å². The number of hydrogen-bond acceptors (Lipinski definition) is 1. The maximum absolute atomic E-state index is 13.2. The lowest BCUT2D eigenvalue weighted by Gasteiger charge is -2.05. The van der Waals surface area contributed by atoms with E-state index in [4.69, 9.17) is 11.6 Å². The number of aromatic nitrogens is 2. The molecule has 0 radical (unpaired) electrons. The molecule has 0 unspecified atom stereocenters. The lowest BCUT2D eigenvalue weighted by atomic mass is 10.3. The molecule has 0 aliphatic heterocycles. The summed E-state index contributed by atoms with van der Waals surface area (Å²) in [5, 5.41) is 0.469. The molecule has 72 valence electrons. The van der Waals surface area contributed by atoms with Gasteiger partial charge in [-0.1, -0.05) is 11.6 Å². The first-order valence-corrected chi connectivity index (χ1v) is 4.98. The van der Waals surface area contributed by atoms with E-state index < -0.39 is 0 Å². The second-order valence-corrected chi connectivity index (χ2v) is 3.95. The molecule has 2 aromatic rings. The molecule has 5 heteroatoms. The van der Waals surface area contributed by atoms with E-state index in [2.05, 4.69) is 20.9 Å². The van der Waals surface area contributed by atoms with E-state index in [1.54, 1.807) is 23.3 Å². The summed E-state index contributed by atoms with van der Waals surface area (Å²) in [6, 6.07) is 2.88. The van der Waals surface area contributed by atoms with Gasteiger partial charge in [-0.2, -0.15) is 0 Å². The minimum atomic E-state index is -0.349. The molecule has 1 aromatic heterocycles. The van der Waals surface area contributed by atoms with Gasteiger partial charge >= 0.3 is 0 Å². The van der Waals surface area contributed by atoms with E-state index in [-0.39, 0.29) is 5.82 Å². The number of benzene rings is 1. The molecule has 0 atom stereocenters. The van der Waals surface area contributed by atoms with E-state index in [0.717, 1.165) is 0 Å². The van der Waals surface area contributed by atoms with Crippen LogP contribution in [0.5, 0.6) is 0 Å². The Balaban J connectivity index is 2.60. The smallest absolute Gasteiger partial charge is 0.139 e. The summed E-state index contributed by atoms with van der Waals surface area (Å²) in [4.78, 5) is 3.86. The van der Waals surface area contributed by atoms with Crippen LogP contribution in [0.2, 0.25) is 5.02 Å². The van der Waals surface area contributed by atoms with Crippen molar-refractivity contribution in [3.63, 3.8) is 0 Å². The Morgan fingerprint density at radius 1 is 1.43 bits per heavy atom. The molecule has 2 rings (SSSR count). The Hall–Kier alpha value is -0.870. The first-order valence-electron chi connectivity index (χ1n) is 3.81. The molecule has 0 aliphatic rings. The molecule has 0 saturated heterocycles. The fraction of sp³-hybridized carbons (Fsp3) is 0. The van der Waals surface area contributed by atoms with Gasteiger partial charge in [0.15, 0.2) is 0 Å². The van der Waals surface area contributed by atoms with Crippen molar-refractivity contribution in [1.29, 1.82) is 0 Å². The Morgan fingerprint density at radius 3 is 2.86 bits per heavy atom. The first-order chi connectivity index (χ1) is 6.68. The summed E-state index contributed by atoms with van der Waals surface area (Å²) in [6.45, 7) is 0. The van der Waals surface area contributed by atoms with Gasteiger partial charge in [-0.05, 0) is 22.0 Å². The first kappa shape index (κ1) is 9.68. The van der Waals surface area contributed by atoms with Crippen LogP contribution in [0, 0.1) is 5.82 Å². The highest BCUT2D eigenvalue weighted by Gasteiger charge is 2.07. The lowest BCUT2D eigenvalue weighted by Crippen LogP contribution is -1.93. The molecule has 0 spiro atoms. The maximum Gasteiger partial charge on any atom is 0.139 e. The molecular weight excluding hydrogens is 270 g/mol. The number of rotatable bonds is 1. The van der Waals surface area contributed by atoms with E-state index in [1.807, 2.05) is 0 Å². The molecule has 0 bridgehead atoms. The Labute approximate surface area is 93.5 Å². The third kappa shape index (κ3) is 1.67. The predicted octanol–water partition coefficient (Wildman–Crippen LogP) is 3.43. The van der Waals surface area contributed by atoms with Crippen molar-refractivity contribution in [2.24, 2.45) is 0 Å². The molecule has 1 heterocycles. The third-order valence-corrected chi connectivity index (χ3v) is 2.68. The number of imidazole rings is 1. The van der Waals surface area contributed by atoms with Crippen LogP contribution in [-0.4, -0.2) is 9.55 Å². The minimum absolute atomic E-state index is 0.349. The van der Waals surface area contributed by atoms with Crippen molar-refractivity contribution in [1.82, 2.24) is 9.55 Å². The Kier molecular flexibility index (Phi) is 2.56. The average Bonchev–Trinajstić information content (AvgIpc) is 2.64. The number of nitrogens with zero attached hydrogens (tertiary/aromatic N) is 2. The summed E-state index contributed by atoms with van der Waals surface area (Å²) in [5.74, 6) is -0.349. The van der Waals surface area contributed by atoms with Crippen LogP contribution in [0.4, 0.5) is 4.39 Å². The largest absolute Gasteiger partial charge is 0.305 e. The van der Waals surface area contributed by atoms with Gasteiger partial charge in [-0.25, -0.2) is 9.37 Å². The normalized spacial score (nSPS) is 10.5. The summed E-state index contributed by atoms with van der Waals surface area (Å²) in [6.07, 6.45) is 4.87. The fourth-order valence-corrected chi connectivity index (χ4v) is 1.85. The zero-order chi connectivity index (χ0) is 10.1. The second-order valence-electron chi connectivity index (χ2n) is 2.69. The summed E-state index contributed by atoms with van der Waals surface area (Å²) in [7, 11) is 0. The third-order valence-electron chi connectivity index (χ3n) is 1.77. The summed E-state index contributed by atoms with van der Waals surface area (Å²) in [5.41, 5.74) is 0.574. The van der Waals surface area contributed by atoms with Crippen LogP contribution in [0.1, 0.15) is 0 Å². The Morgan fingerprint density at radius 2 is 2.21 bits per heavy atom. The standard InChI is InChI=1S/C9H5BrClFN2/c10-6-3-7(11)9(4-8(6)12)14-2-1-13-5-14/h1-5H. The van der Waals surface area contributed by atoms with Gasteiger partial charge in [0.2, 0.25) is 0 Å². The fourth-order valence-electron chi connectivity index (χ4n) is 1.11. The molecular formula is C9H5BrClFN2. The summed E-state index contributed by atoms with van der Waals surface area (Å²) >= 11 is 9.01. The highest BCUT2D eigenvalue weighted by atomic mass is 79.9. The highest BCUT2D eigenvalue weighted by Crippen LogP contribution is 2.27. The van der Waals surface area contributed by atoms with Crippen molar-refractivity contribution in [2.75, 3.05) is 0 Å². The van der Waals surface area contributed by atoms with E-state index in [9.17, 15) is 4.39 Å². The second kappa shape index (κ2) is 3.71. The highest BCUT2D eigenvalue weighted by molar-refractivity contribution is 9.10. The van der Waals surface area contributed by atoms with Gasteiger partial charge < -0.3 is 4.57 Å². The minimum Gasteiger partial charge on any atom is -0.305 e. The average molecular weight is 276 g/mol. The number of hydrogen-bond donors (Lipinski definition) is 0. The van der Waals surface area contributed by atoms with Gasteiger partial charge in [-0.3, -0.25) is 0 Å². The van der Waals surface area contributed by atoms with E-state index in [1.165, 1.54) is 12.1 Å².